The van der Waals surface area contributed by atoms with Crippen LogP contribution >= 0.6 is 0 Å². The summed E-state index contributed by atoms with van der Waals surface area (Å²) in [5.41, 5.74) is 2.74. The molecule has 0 unspecified atom stereocenters. The van der Waals surface area contributed by atoms with Gasteiger partial charge in [0.05, 0.1) is 16.7 Å². The zero-order valence-electron chi connectivity index (χ0n) is 16.5. The highest BCUT2D eigenvalue weighted by atomic mass is 16.3. The second-order valence-corrected chi connectivity index (χ2v) is 7.94. The fraction of sp³-hybridized carbons (Fsp3) is 0.400. The van der Waals surface area contributed by atoms with E-state index in [1.54, 1.807) is 10.7 Å². The predicted molar refractivity (Wildman–Crippen MR) is 112 cm³/mol. The number of fused-ring (bicyclic) bond motifs is 2. The minimum absolute atomic E-state index is 0.261. The SMILES string of the molecule is CNc1nc(N[C@H]2CC[C@@](C)(O)CC2)nc2[nH]cc(-c3ccc4nccn4n3)c12. The molecule has 0 radical (unpaired) electrons. The van der Waals surface area contributed by atoms with E-state index in [2.05, 4.69) is 30.7 Å². The molecule has 0 saturated heterocycles. The third-order valence-electron chi connectivity index (χ3n) is 5.70. The summed E-state index contributed by atoms with van der Waals surface area (Å²) < 4.78 is 1.75. The van der Waals surface area contributed by atoms with Gasteiger partial charge in [0.1, 0.15) is 11.5 Å². The molecule has 1 aliphatic rings. The molecule has 0 aliphatic heterocycles. The van der Waals surface area contributed by atoms with Gasteiger partial charge in [0.15, 0.2) is 5.65 Å². The Labute approximate surface area is 167 Å². The molecule has 4 N–H and O–H groups in total. The second-order valence-electron chi connectivity index (χ2n) is 7.94. The Kier molecular flexibility index (Phi) is 4.13. The van der Waals surface area contributed by atoms with Gasteiger partial charge < -0.3 is 20.7 Å². The van der Waals surface area contributed by atoms with Crippen molar-refractivity contribution in [3.8, 4) is 11.3 Å². The van der Waals surface area contributed by atoms with Crippen molar-refractivity contribution < 1.29 is 5.11 Å². The molecule has 1 fully saturated rings. The zero-order chi connectivity index (χ0) is 20.0. The van der Waals surface area contributed by atoms with Crippen LogP contribution in [0.4, 0.5) is 11.8 Å². The third kappa shape index (κ3) is 3.27. The van der Waals surface area contributed by atoms with Crippen LogP contribution in [0.15, 0.2) is 30.7 Å². The number of aliphatic hydroxyl groups is 1. The molecule has 1 aliphatic carbocycles. The Morgan fingerprint density at radius 3 is 2.86 bits per heavy atom. The molecular formula is C20H24N8O. The van der Waals surface area contributed by atoms with Crippen LogP contribution in [0.3, 0.4) is 0 Å². The van der Waals surface area contributed by atoms with Crippen molar-refractivity contribution in [3.63, 3.8) is 0 Å². The number of nitrogens with one attached hydrogen (secondary N) is 3. The molecule has 9 heteroatoms. The fourth-order valence-electron chi connectivity index (χ4n) is 4.01. The predicted octanol–water partition coefficient (Wildman–Crippen LogP) is 2.81. The number of imidazole rings is 1. The van der Waals surface area contributed by atoms with Gasteiger partial charge in [-0.3, -0.25) is 0 Å². The van der Waals surface area contributed by atoms with Crippen molar-refractivity contribution >= 4 is 28.4 Å². The molecule has 0 atom stereocenters. The number of aromatic amines is 1. The van der Waals surface area contributed by atoms with Crippen LogP contribution in [0.25, 0.3) is 27.9 Å². The highest BCUT2D eigenvalue weighted by Gasteiger charge is 2.29. The molecule has 0 bridgehead atoms. The second kappa shape index (κ2) is 6.70. The maximum atomic E-state index is 10.2. The summed E-state index contributed by atoms with van der Waals surface area (Å²) in [6, 6.07) is 4.15. The molecule has 1 saturated carbocycles. The van der Waals surface area contributed by atoms with Gasteiger partial charge in [-0.25, -0.2) is 9.50 Å². The van der Waals surface area contributed by atoms with Crippen LogP contribution in [0.2, 0.25) is 0 Å². The van der Waals surface area contributed by atoms with E-state index in [1.165, 1.54) is 0 Å². The normalized spacial score (nSPS) is 22.2. The highest BCUT2D eigenvalue weighted by molar-refractivity contribution is 6.00. The molecule has 0 spiro atoms. The van der Waals surface area contributed by atoms with Gasteiger partial charge >= 0.3 is 0 Å². The molecule has 150 valence electrons. The van der Waals surface area contributed by atoms with Gasteiger partial charge in [-0.05, 0) is 44.7 Å². The molecular weight excluding hydrogens is 368 g/mol. The van der Waals surface area contributed by atoms with Crippen molar-refractivity contribution in [2.45, 2.75) is 44.2 Å². The van der Waals surface area contributed by atoms with Gasteiger partial charge in [0, 0.05) is 37.2 Å². The van der Waals surface area contributed by atoms with Crippen molar-refractivity contribution in [1.82, 2.24) is 29.5 Å². The number of nitrogens with zero attached hydrogens (tertiary/aromatic N) is 5. The number of rotatable bonds is 4. The quantitative estimate of drug-likeness (QED) is 0.422. The topological polar surface area (TPSA) is 116 Å². The molecule has 4 aromatic rings. The summed E-state index contributed by atoms with van der Waals surface area (Å²) >= 11 is 0. The van der Waals surface area contributed by atoms with Crippen LogP contribution in [0.5, 0.6) is 0 Å². The average molecular weight is 392 g/mol. The molecule has 0 aromatic carbocycles. The van der Waals surface area contributed by atoms with E-state index in [1.807, 2.05) is 38.5 Å². The summed E-state index contributed by atoms with van der Waals surface area (Å²) in [4.78, 5) is 16.9. The Hall–Kier alpha value is -3.20. The first kappa shape index (κ1) is 17.9. The van der Waals surface area contributed by atoms with E-state index in [4.69, 9.17) is 4.98 Å². The van der Waals surface area contributed by atoms with E-state index >= 15 is 0 Å². The highest BCUT2D eigenvalue weighted by Crippen LogP contribution is 2.33. The van der Waals surface area contributed by atoms with Crippen molar-refractivity contribution in [1.29, 1.82) is 0 Å². The maximum absolute atomic E-state index is 10.2. The Morgan fingerprint density at radius 2 is 2.07 bits per heavy atom. The van der Waals surface area contributed by atoms with E-state index in [0.717, 1.165) is 59.4 Å². The number of hydrogen-bond acceptors (Lipinski definition) is 7. The molecule has 5 rings (SSSR count). The Bertz CT molecular complexity index is 1170. The van der Waals surface area contributed by atoms with Crippen molar-refractivity contribution in [3.05, 3.63) is 30.7 Å². The molecule has 29 heavy (non-hydrogen) atoms. The number of hydrogen-bond donors (Lipinski definition) is 4. The maximum Gasteiger partial charge on any atom is 0.226 e. The Morgan fingerprint density at radius 1 is 1.24 bits per heavy atom. The number of aromatic nitrogens is 6. The molecule has 9 nitrogen and oxygen atoms in total. The Balaban J connectivity index is 1.49. The first-order chi connectivity index (χ1) is 14.0. The van der Waals surface area contributed by atoms with Crippen LogP contribution < -0.4 is 10.6 Å². The lowest BCUT2D eigenvalue weighted by molar-refractivity contribution is 0.0196. The van der Waals surface area contributed by atoms with E-state index in [0.29, 0.717) is 5.95 Å². The van der Waals surface area contributed by atoms with Gasteiger partial charge in [-0.1, -0.05) is 0 Å². The van der Waals surface area contributed by atoms with E-state index in [-0.39, 0.29) is 6.04 Å². The van der Waals surface area contributed by atoms with Crippen LogP contribution in [-0.2, 0) is 0 Å². The number of anilines is 2. The first-order valence-corrected chi connectivity index (χ1v) is 9.89. The van der Waals surface area contributed by atoms with Crippen LogP contribution in [0.1, 0.15) is 32.6 Å². The molecule has 4 heterocycles. The third-order valence-corrected chi connectivity index (χ3v) is 5.70. The standard InChI is InChI=1S/C20H24N8O/c1-20(29)7-5-12(6-8-20)24-19-25-17(21-2)16-13(11-23-18(16)26-19)14-3-4-15-22-9-10-28(15)27-14/h3-4,9-12,29H,5-8H2,1-2H3,(H3,21,23,24,25,26)/t12-,20+. The average Bonchev–Trinajstić information content (AvgIpc) is 3.35. The minimum atomic E-state index is -0.559. The number of H-pyrrole nitrogens is 1. The summed E-state index contributed by atoms with van der Waals surface area (Å²) in [6.45, 7) is 1.90. The van der Waals surface area contributed by atoms with Gasteiger partial charge in [0.2, 0.25) is 5.95 Å². The largest absolute Gasteiger partial charge is 0.390 e. The van der Waals surface area contributed by atoms with Gasteiger partial charge in [-0.2, -0.15) is 15.1 Å². The van der Waals surface area contributed by atoms with Crippen molar-refractivity contribution in [2.24, 2.45) is 0 Å². The van der Waals surface area contributed by atoms with E-state index in [9.17, 15) is 5.11 Å². The smallest absolute Gasteiger partial charge is 0.226 e. The molecule has 0 amide bonds. The van der Waals surface area contributed by atoms with E-state index < -0.39 is 5.60 Å². The van der Waals surface area contributed by atoms with Gasteiger partial charge in [0.25, 0.3) is 0 Å². The van der Waals surface area contributed by atoms with Crippen molar-refractivity contribution in [2.75, 3.05) is 17.7 Å². The zero-order valence-corrected chi connectivity index (χ0v) is 16.5. The summed E-state index contributed by atoms with van der Waals surface area (Å²) in [6.07, 6.45) is 8.82. The first-order valence-electron chi connectivity index (χ1n) is 9.89. The lowest BCUT2D eigenvalue weighted by Crippen LogP contribution is -2.36. The monoisotopic (exact) mass is 392 g/mol. The summed E-state index contributed by atoms with van der Waals surface area (Å²) in [5, 5.41) is 22.3. The summed E-state index contributed by atoms with van der Waals surface area (Å²) in [5.74, 6) is 1.32. The lowest BCUT2D eigenvalue weighted by atomic mass is 9.84. The van der Waals surface area contributed by atoms with Crippen LogP contribution in [-0.4, -0.2) is 53.3 Å². The summed E-state index contributed by atoms with van der Waals surface area (Å²) in [7, 11) is 1.85. The van der Waals surface area contributed by atoms with Gasteiger partial charge in [-0.15, -0.1) is 0 Å². The minimum Gasteiger partial charge on any atom is -0.390 e. The van der Waals surface area contributed by atoms with Crippen LogP contribution in [0, 0.1) is 0 Å². The molecule has 4 aromatic heterocycles. The fourth-order valence-corrected chi connectivity index (χ4v) is 4.01. The lowest BCUT2D eigenvalue weighted by Gasteiger charge is -2.33.